The van der Waals surface area contributed by atoms with Gasteiger partial charge in [-0.1, -0.05) is 18.2 Å². The molecule has 1 N–H and O–H groups in total. The Kier molecular flexibility index (Phi) is 3.96. The van der Waals surface area contributed by atoms with Crippen LogP contribution < -0.4 is 14.4 Å². The molecule has 1 amide bonds. The van der Waals surface area contributed by atoms with Gasteiger partial charge in [-0.3, -0.25) is 9.52 Å². The van der Waals surface area contributed by atoms with Gasteiger partial charge >= 0.3 is 0 Å². The molecule has 0 atom stereocenters. The van der Waals surface area contributed by atoms with Crippen molar-refractivity contribution < 1.29 is 17.9 Å². The van der Waals surface area contributed by atoms with Crippen LogP contribution in [-0.4, -0.2) is 27.5 Å². The average molecular weight is 332 g/mol. The first-order chi connectivity index (χ1) is 11.0. The van der Waals surface area contributed by atoms with Gasteiger partial charge in [-0.05, 0) is 30.3 Å². The second-order valence-electron chi connectivity index (χ2n) is 5.12. The molecule has 0 bridgehead atoms. The van der Waals surface area contributed by atoms with E-state index >= 15 is 0 Å². The van der Waals surface area contributed by atoms with Crippen LogP contribution in [0.5, 0.6) is 5.75 Å². The van der Waals surface area contributed by atoms with E-state index in [1.54, 1.807) is 41.3 Å². The average Bonchev–Trinajstić information content (AvgIpc) is 2.54. The first-order valence-corrected chi connectivity index (χ1v) is 8.58. The standard InChI is InChI=1S/C16H16N2O4S/c1-12(19)18-9-10-22-16-8-7-13(11-15(16)18)17-23(20,21)14-5-3-2-4-6-14/h2-8,11,17H,9-10H2,1H3. The van der Waals surface area contributed by atoms with Crippen LogP contribution in [0.25, 0.3) is 0 Å². The number of ether oxygens (including phenoxy) is 1. The maximum atomic E-state index is 12.4. The number of benzene rings is 2. The van der Waals surface area contributed by atoms with Crippen LogP contribution >= 0.6 is 0 Å². The summed E-state index contributed by atoms with van der Waals surface area (Å²) in [5, 5.41) is 0. The first-order valence-electron chi connectivity index (χ1n) is 7.10. The number of sulfonamides is 1. The van der Waals surface area contributed by atoms with Gasteiger partial charge in [0.25, 0.3) is 10.0 Å². The highest BCUT2D eigenvalue weighted by Gasteiger charge is 2.22. The molecule has 2 aromatic rings. The molecule has 1 aliphatic heterocycles. The Labute approximate surface area is 134 Å². The highest BCUT2D eigenvalue weighted by molar-refractivity contribution is 7.92. The van der Waals surface area contributed by atoms with Crippen molar-refractivity contribution in [3.05, 3.63) is 48.5 Å². The fraction of sp³-hybridized carbons (Fsp3) is 0.188. The summed E-state index contributed by atoms with van der Waals surface area (Å²) in [6.45, 7) is 2.33. The zero-order valence-corrected chi connectivity index (χ0v) is 13.3. The van der Waals surface area contributed by atoms with E-state index in [0.29, 0.717) is 30.3 Å². The summed E-state index contributed by atoms with van der Waals surface area (Å²) in [7, 11) is -3.67. The zero-order chi connectivity index (χ0) is 16.4. The van der Waals surface area contributed by atoms with E-state index < -0.39 is 10.0 Å². The number of fused-ring (bicyclic) bond motifs is 1. The zero-order valence-electron chi connectivity index (χ0n) is 12.5. The molecule has 1 aliphatic rings. The molecule has 120 valence electrons. The Bertz CT molecular complexity index is 834. The van der Waals surface area contributed by atoms with Crippen LogP contribution in [0.2, 0.25) is 0 Å². The Morgan fingerprint density at radius 3 is 2.61 bits per heavy atom. The van der Waals surface area contributed by atoms with Crippen molar-refractivity contribution in [1.29, 1.82) is 0 Å². The highest BCUT2D eigenvalue weighted by atomic mass is 32.2. The molecule has 0 unspecified atom stereocenters. The molecule has 0 fully saturated rings. The minimum atomic E-state index is -3.67. The first kappa shape index (κ1) is 15.4. The molecule has 6 nitrogen and oxygen atoms in total. The molecule has 23 heavy (non-hydrogen) atoms. The minimum absolute atomic E-state index is 0.113. The largest absolute Gasteiger partial charge is 0.490 e. The second-order valence-corrected chi connectivity index (χ2v) is 6.80. The molecule has 3 rings (SSSR count). The van der Waals surface area contributed by atoms with Gasteiger partial charge in [-0.25, -0.2) is 8.42 Å². The van der Waals surface area contributed by atoms with Crippen LogP contribution in [0.15, 0.2) is 53.4 Å². The van der Waals surface area contributed by atoms with Crippen LogP contribution in [0.3, 0.4) is 0 Å². The maximum Gasteiger partial charge on any atom is 0.261 e. The summed E-state index contributed by atoms with van der Waals surface area (Å²) < 4.78 is 32.7. The van der Waals surface area contributed by atoms with Gasteiger partial charge in [0.05, 0.1) is 22.8 Å². The molecule has 1 heterocycles. The van der Waals surface area contributed by atoms with Crippen molar-refractivity contribution >= 4 is 27.3 Å². The van der Waals surface area contributed by atoms with E-state index in [0.717, 1.165) is 0 Å². The predicted octanol–water partition coefficient (Wildman–Crippen LogP) is 2.23. The van der Waals surface area contributed by atoms with Gasteiger partial charge in [-0.2, -0.15) is 0 Å². The van der Waals surface area contributed by atoms with Crippen molar-refractivity contribution in [3.63, 3.8) is 0 Å². The summed E-state index contributed by atoms with van der Waals surface area (Å²) in [5.74, 6) is 0.451. The molecule has 0 saturated carbocycles. The van der Waals surface area contributed by atoms with Crippen LogP contribution in [0.4, 0.5) is 11.4 Å². The number of amides is 1. The molecular formula is C16H16N2O4S. The Morgan fingerprint density at radius 2 is 1.91 bits per heavy atom. The van der Waals surface area contributed by atoms with Gasteiger partial charge in [0.1, 0.15) is 12.4 Å². The molecule has 0 spiro atoms. The Morgan fingerprint density at radius 1 is 1.17 bits per heavy atom. The van der Waals surface area contributed by atoms with E-state index in [4.69, 9.17) is 4.74 Å². The monoisotopic (exact) mass is 332 g/mol. The fourth-order valence-corrected chi connectivity index (χ4v) is 3.49. The number of rotatable bonds is 3. The van der Waals surface area contributed by atoms with Crippen molar-refractivity contribution in [2.24, 2.45) is 0 Å². The van der Waals surface area contributed by atoms with Crippen molar-refractivity contribution in [1.82, 2.24) is 0 Å². The molecule has 7 heteroatoms. The second kappa shape index (κ2) is 5.92. The molecular weight excluding hydrogens is 316 g/mol. The lowest BCUT2D eigenvalue weighted by atomic mass is 10.2. The Hall–Kier alpha value is -2.54. The maximum absolute atomic E-state index is 12.4. The van der Waals surface area contributed by atoms with Crippen molar-refractivity contribution in [2.75, 3.05) is 22.8 Å². The van der Waals surface area contributed by atoms with E-state index in [2.05, 4.69) is 4.72 Å². The molecule has 0 radical (unpaired) electrons. The summed E-state index contributed by atoms with van der Waals surface area (Å²) >= 11 is 0. The SMILES string of the molecule is CC(=O)N1CCOc2ccc(NS(=O)(=O)c3ccccc3)cc21. The number of hydrogen-bond acceptors (Lipinski definition) is 4. The van der Waals surface area contributed by atoms with Crippen LogP contribution in [0, 0.1) is 0 Å². The van der Waals surface area contributed by atoms with Gasteiger partial charge in [-0.15, -0.1) is 0 Å². The van der Waals surface area contributed by atoms with Crippen LogP contribution in [0.1, 0.15) is 6.92 Å². The minimum Gasteiger partial charge on any atom is -0.490 e. The molecule has 0 saturated heterocycles. The summed E-state index contributed by atoms with van der Waals surface area (Å²) in [6, 6.07) is 13.0. The normalized spacial score (nSPS) is 13.9. The van der Waals surface area contributed by atoms with E-state index in [-0.39, 0.29) is 10.8 Å². The van der Waals surface area contributed by atoms with E-state index in [1.807, 2.05) is 0 Å². The third kappa shape index (κ3) is 3.14. The van der Waals surface area contributed by atoms with E-state index in [9.17, 15) is 13.2 Å². The third-order valence-electron chi connectivity index (χ3n) is 3.51. The topological polar surface area (TPSA) is 75.7 Å². The number of carbonyl (C=O) groups is 1. The fourth-order valence-electron chi connectivity index (χ4n) is 2.42. The van der Waals surface area contributed by atoms with Gasteiger partial charge in [0.15, 0.2) is 0 Å². The lowest BCUT2D eigenvalue weighted by molar-refractivity contribution is -0.116. The van der Waals surface area contributed by atoms with Gasteiger partial charge < -0.3 is 9.64 Å². The summed E-state index contributed by atoms with van der Waals surface area (Å²) in [5.41, 5.74) is 0.946. The predicted molar refractivity (Wildman–Crippen MR) is 87.2 cm³/mol. The highest BCUT2D eigenvalue weighted by Crippen LogP contribution is 2.34. The lowest BCUT2D eigenvalue weighted by Gasteiger charge is -2.29. The third-order valence-corrected chi connectivity index (χ3v) is 4.91. The van der Waals surface area contributed by atoms with Crippen molar-refractivity contribution in [2.45, 2.75) is 11.8 Å². The molecule has 0 aliphatic carbocycles. The number of hydrogen-bond donors (Lipinski definition) is 1. The molecule has 0 aromatic heterocycles. The quantitative estimate of drug-likeness (QED) is 0.935. The summed E-state index contributed by atoms with van der Waals surface area (Å²) in [4.78, 5) is 13.5. The number of nitrogens with zero attached hydrogens (tertiary/aromatic N) is 1. The van der Waals surface area contributed by atoms with Crippen molar-refractivity contribution in [3.8, 4) is 5.75 Å². The Balaban J connectivity index is 1.93. The number of carbonyl (C=O) groups excluding carboxylic acids is 1. The van der Waals surface area contributed by atoms with Gasteiger partial charge in [0.2, 0.25) is 5.91 Å². The van der Waals surface area contributed by atoms with Crippen LogP contribution in [-0.2, 0) is 14.8 Å². The molecule has 2 aromatic carbocycles. The number of anilines is 2. The smallest absolute Gasteiger partial charge is 0.261 e. The summed E-state index contributed by atoms with van der Waals surface area (Å²) in [6.07, 6.45) is 0. The van der Waals surface area contributed by atoms with Gasteiger partial charge in [0, 0.05) is 6.92 Å². The lowest BCUT2D eigenvalue weighted by Crippen LogP contribution is -2.36. The number of nitrogens with one attached hydrogen (secondary N) is 1. The van der Waals surface area contributed by atoms with E-state index in [1.165, 1.54) is 19.1 Å².